The first kappa shape index (κ1) is 13.3. The summed E-state index contributed by atoms with van der Waals surface area (Å²) >= 11 is 0. The van der Waals surface area contributed by atoms with E-state index in [1.54, 1.807) is 12.1 Å². The molecule has 0 saturated carbocycles. The van der Waals surface area contributed by atoms with E-state index in [1.165, 1.54) is 0 Å². The number of nitrogens with zero attached hydrogens (tertiary/aromatic N) is 2. The third kappa shape index (κ3) is 3.36. The van der Waals surface area contributed by atoms with Crippen molar-refractivity contribution >= 4 is 11.4 Å². The van der Waals surface area contributed by atoms with Gasteiger partial charge in [0.05, 0.1) is 23.0 Å². The number of rotatable bonds is 4. The van der Waals surface area contributed by atoms with Gasteiger partial charge < -0.3 is 16.0 Å². The van der Waals surface area contributed by atoms with Crippen molar-refractivity contribution in [1.29, 1.82) is 5.26 Å². The van der Waals surface area contributed by atoms with Crippen molar-refractivity contribution < 1.29 is 0 Å². The van der Waals surface area contributed by atoms with Crippen LogP contribution in [0, 0.1) is 11.3 Å². The Bertz CT molecular complexity index is 430. The van der Waals surface area contributed by atoms with Crippen LogP contribution in [0.15, 0.2) is 18.2 Å². The van der Waals surface area contributed by atoms with Gasteiger partial charge in [0.25, 0.3) is 0 Å². The molecule has 0 atom stereocenters. The maximum atomic E-state index is 8.75. The molecule has 0 amide bonds. The molecule has 4 nitrogen and oxygen atoms in total. The average molecular weight is 232 g/mol. The van der Waals surface area contributed by atoms with Crippen LogP contribution < -0.4 is 11.1 Å². The Balaban J connectivity index is 2.74. The van der Waals surface area contributed by atoms with E-state index in [9.17, 15) is 0 Å². The van der Waals surface area contributed by atoms with Gasteiger partial charge in [-0.1, -0.05) is 0 Å². The average Bonchev–Trinajstić information content (AvgIpc) is 2.27. The molecular weight excluding hydrogens is 212 g/mol. The molecule has 17 heavy (non-hydrogen) atoms. The van der Waals surface area contributed by atoms with Gasteiger partial charge in [-0.05, 0) is 46.1 Å². The predicted molar refractivity (Wildman–Crippen MR) is 71.8 cm³/mol. The number of nitrogens with two attached hydrogens (primary N) is 1. The van der Waals surface area contributed by atoms with Crippen LogP contribution in [0.3, 0.4) is 0 Å². The van der Waals surface area contributed by atoms with Gasteiger partial charge in [0.1, 0.15) is 0 Å². The van der Waals surface area contributed by atoms with E-state index in [1.807, 2.05) is 20.2 Å². The molecule has 0 aliphatic rings. The van der Waals surface area contributed by atoms with E-state index >= 15 is 0 Å². The molecule has 1 aromatic carbocycles. The maximum absolute atomic E-state index is 8.75. The molecule has 0 bridgehead atoms. The summed E-state index contributed by atoms with van der Waals surface area (Å²) in [5, 5.41) is 12.1. The van der Waals surface area contributed by atoms with Crippen LogP contribution in [0.1, 0.15) is 19.4 Å². The van der Waals surface area contributed by atoms with Crippen LogP contribution in [-0.4, -0.2) is 31.1 Å². The Morgan fingerprint density at radius 3 is 2.53 bits per heavy atom. The molecule has 0 aromatic heterocycles. The normalized spacial score (nSPS) is 11.3. The molecule has 1 aromatic rings. The lowest BCUT2D eigenvalue weighted by Gasteiger charge is -2.33. The highest BCUT2D eigenvalue weighted by atomic mass is 15.2. The van der Waals surface area contributed by atoms with Gasteiger partial charge in [-0.3, -0.25) is 0 Å². The summed E-state index contributed by atoms with van der Waals surface area (Å²) in [6, 6.07) is 7.37. The number of hydrogen-bond acceptors (Lipinski definition) is 4. The molecule has 0 fully saturated rings. The van der Waals surface area contributed by atoms with Crippen LogP contribution in [0.2, 0.25) is 0 Å². The molecular formula is C13H20N4. The van der Waals surface area contributed by atoms with Gasteiger partial charge in [0.15, 0.2) is 0 Å². The lowest BCUT2D eigenvalue weighted by Crippen LogP contribution is -2.44. The fourth-order valence-electron chi connectivity index (χ4n) is 1.26. The molecule has 0 unspecified atom stereocenters. The van der Waals surface area contributed by atoms with Gasteiger partial charge in [0, 0.05) is 12.1 Å². The number of hydrogen-bond donors (Lipinski definition) is 2. The largest absolute Gasteiger partial charge is 0.397 e. The Hall–Kier alpha value is -1.73. The minimum Gasteiger partial charge on any atom is -0.397 e. The van der Waals surface area contributed by atoms with Crippen molar-refractivity contribution in [2.75, 3.05) is 31.7 Å². The zero-order chi connectivity index (χ0) is 13.1. The third-order valence-electron chi connectivity index (χ3n) is 3.10. The number of nitrogen functional groups attached to an aromatic ring is 1. The first-order valence-corrected chi connectivity index (χ1v) is 5.58. The van der Waals surface area contributed by atoms with Crippen LogP contribution in [-0.2, 0) is 0 Å². The van der Waals surface area contributed by atoms with E-state index in [2.05, 4.69) is 30.1 Å². The number of nitrogens with one attached hydrogen (secondary N) is 1. The number of benzene rings is 1. The summed E-state index contributed by atoms with van der Waals surface area (Å²) in [5.41, 5.74) is 7.98. The van der Waals surface area contributed by atoms with E-state index in [0.29, 0.717) is 11.3 Å². The highest BCUT2D eigenvalue weighted by Gasteiger charge is 2.20. The molecule has 0 saturated heterocycles. The highest BCUT2D eigenvalue weighted by Crippen LogP contribution is 2.21. The third-order valence-corrected chi connectivity index (χ3v) is 3.10. The van der Waals surface area contributed by atoms with Gasteiger partial charge in [-0.25, -0.2) is 0 Å². The second-order valence-electron chi connectivity index (χ2n) is 4.97. The Morgan fingerprint density at radius 2 is 2.06 bits per heavy atom. The molecule has 0 spiro atoms. The monoisotopic (exact) mass is 232 g/mol. The Morgan fingerprint density at radius 1 is 1.41 bits per heavy atom. The van der Waals surface area contributed by atoms with Gasteiger partial charge in [-0.15, -0.1) is 0 Å². The summed E-state index contributed by atoms with van der Waals surface area (Å²) in [4.78, 5) is 2.15. The van der Waals surface area contributed by atoms with E-state index < -0.39 is 0 Å². The molecule has 1 rings (SSSR count). The van der Waals surface area contributed by atoms with Gasteiger partial charge in [0.2, 0.25) is 0 Å². The second kappa shape index (κ2) is 5.07. The fourth-order valence-corrected chi connectivity index (χ4v) is 1.26. The molecule has 0 heterocycles. The summed E-state index contributed by atoms with van der Waals surface area (Å²) in [5.74, 6) is 0. The van der Waals surface area contributed by atoms with Crippen LogP contribution in [0.25, 0.3) is 0 Å². The van der Waals surface area contributed by atoms with E-state index in [-0.39, 0.29) is 5.54 Å². The summed E-state index contributed by atoms with van der Waals surface area (Å²) in [7, 11) is 4.09. The minimum absolute atomic E-state index is 0.0420. The van der Waals surface area contributed by atoms with E-state index in [4.69, 9.17) is 11.0 Å². The Kier molecular flexibility index (Phi) is 3.97. The SMILES string of the molecule is CN(C)C(C)(C)CNc1ccc(C#N)cc1N. The molecule has 0 radical (unpaired) electrons. The molecule has 3 N–H and O–H groups in total. The first-order chi connectivity index (χ1) is 7.86. The number of likely N-dealkylation sites (N-methyl/N-ethyl adjacent to an activating group) is 1. The first-order valence-electron chi connectivity index (χ1n) is 5.58. The van der Waals surface area contributed by atoms with Crippen molar-refractivity contribution in [3.05, 3.63) is 23.8 Å². The van der Waals surface area contributed by atoms with Crippen molar-refractivity contribution in [3.63, 3.8) is 0 Å². The van der Waals surface area contributed by atoms with Crippen LogP contribution in [0.5, 0.6) is 0 Å². The quantitative estimate of drug-likeness (QED) is 0.778. The smallest absolute Gasteiger partial charge is 0.0992 e. The standard InChI is InChI=1S/C13H20N4/c1-13(2,17(3)4)9-16-12-6-5-10(8-14)7-11(12)15/h5-7,16H,9,15H2,1-4H3. The summed E-state index contributed by atoms with van der Waals surface area (Å²) in [6.45, 7) is 5.09. The maximum Gasteiger partial charge on any atom is 0.0992 e. The van der Waals surface area contributed by atoms with Crippen molar-refractivity contribution in [3.8, 4) is 6.07 Å². The molecule has 0 aliphatic carbocycles. The van der Waals surface area contributed by atoms with Crippen LogP contribution in [0.4, 0.5) is 11.4 Å². The molecule has 0 aliphatic heterocycles. The lowest BCUT2D eigenvalue weighted by molar-refractivity contribution is 0.210. The highest BCUT2D eigenvalue weighted by molar-refractivity contribution is 5.68. The minimum atomic E-state index is 0.0420. The summed E-state index contributed by atoms with van der Waals surface area (Å²) < 4.78 is 0. The van der Waals surface area contributed by atoms with Gasteiger partial charge >= 0.3 is 0 Å². The van der Waals surface area contributed by atoms with E-state index in [0.717, 1.165) is 12.2 Å². The fraction of sp³-hybridized carbons (Fsp3) is 0.462. The van der Waals surface area contributed by atoms with Crippen molar-refractivity contribution in [2.45, 2.75) is 19.4 Å². The predicted octanol–water partition coefficient (Wildman–Crippen LogP) is 1.89. The zero-order valence-electron chi connectivity index (χ0n) is 10.9. The van der Waals surface area contributed by atoms with Crippen molar-refractivity contribution in [2.24, 2.45) is 0 Å². The zero-order valence-corrected chi connectivity index (χ0v) is 10.9. The topological polar surface area (TPSA) is 65.1 Å². The second-order valence-corrected chi connectivity index (χ2v) is 4.97. The Labute approximate surface area is 103 Å². The lowest BCUT2D eigenvalue weighted by atomic mass is 10.0. The number of anilines is 2. The number of nitriles is 1. The van der Waals surface area contributed by atoms with Crippen LogP contribution >= 0.6 is 0 Å². The molecule has 92 valence electrons. The molecule has 4 heteroatoms. The van der Waals surface area contributed by atoms with Crippen molar-refractivity contribution in [1.82, 2.24) is 4.90 Å². The van der Waals surface area contributed by atoms with Gasteiger partial charge in [-0.2, -0.15) is 5.26 Å². The summed E-state index contributed by atoms with van der Waals surface area (Å²) in [6.07, 6.45) is 0.